The Morgan fingerprint density at radius 2 is 1.83 bits per heavy atom. The first-order valence-electron chi connectivity index (χ1n) is 9.28. The van der Waals surface area contributed by atoms with Gasteiger partial charge in [0, 0.05) is 21.9 Å². The number of rotatable bonds is 3. The summed E-state index contributed by atoms with van der Waals surface area (Å²) in [7, 11) is -2.50. The van der Waals surface area contributed by atoms with Crippen LogP contribution in [0.4, 0.5) is 8.78 Å². The highest BCUT2D eigenvalue weighted by atomic mass is 31.1. The molecule has 0 amide bonds. The fraction of sp³-hybridized carbons (Fsp3) is 0.167. The van der Waals surface area contributed by atoms with Crippen LogP contribution in [0, 0.1) is 11.8 Å². The van der Waals surface area contributed by atoms with Gasteiger partial charge in [0.2, 0.25) is 0 Å². The van der Waals surface area contributed by atoms with Gasteiger partial charge in [-0.1, -0.05) is 55.2 Å². The Bertz CT molecular complexity index is 1260. The number of hydrogen-bond acceptors (Lipinski definition) is 2. The number of fused-ring (bicyclic) bond motifs is 3. The Morgan fingerprint density at radius 3 is 2.59 bits per heavy atom. The molecule has 0 aliphatic heterocycles. The van der Waals surface area contributed by atoms with Crippen molar-refractivity contribution in [1.29, 1.82) is 0 Å². The second kappa shape index (κ2) is 7.59. The zero-order chi connectivity index (χ0) is 20.6. The predicted molar refractivity (Wildman–Crippen MR) is 114 cm³/mol. The van der Waals surface area contributed by atoms with E-state index in [1.807, 2.05) is 24.3 Å². The van der Waals surface area contributed by atoms with Crippen LogP contribution in [0.2, 0.25) is 0 Å². The summed E-state index contributed by atoms with van der Waals surface area (Å²) >= 11 is 0. The molecular weight excluding hydrogens is 389 g/mol. The first-order valence-corrected chi connectivity index (χ1v) is 11.0. The maximum absolute atomic E-state index is 14.8. The van der Waals surface area contributed by atoms with E-state index in [1.165, 1.54) is 11.6 Å². The van der Waals surface area contributed by atoms with E-state index in [2.05, 4.69) is 18.8 Å². The smallest absolute Gasteiger partial charge is 0.314 e. The second-order valence-corrected chi connectivity index (χ2v) is 8.44. The van der Waals surface area contributed by atoms with E-state index in [-0.39, 0.29) is 5.56 Å². The van der Waals surface area contributed by atoms with Crippen LogP contribution in [0.25, 0.3) is 21.9 Å². The minimum atomic E-state index is -3.35. The quantitative estimate of drug-likeness (QED) is 0.305. The molecule has 0 aliphatic carbocycles. The van der Waals surface area contributed by atoms with Gasteiger partial charge in [-0.05, 0) is 42.9 Å². The lowest BCUT2D eigenvalue weighted by Gasteiger charge is -2.20. The summed E-state index contributed by atoms with van der Waals surface area (Å²) in [5.74, 6) is 6.19. The molecule has 5 heteroatoms. The van der Waals surface area contributed by atoms with Crippen LogP contribution in [0.3, 0.4) is 0 Å². The lowest BCUT2D eigenvalue weighted by molar-refractivity contribution is 0.0893. The third kappa shape index (κ3) is 3.53. The summed E-state index contributed by atoms with van der Waals surface area (Å²) in [6, 6.07) is 17.9. The van der Waals surface area contributed by atoms with Gasteiger partial charge in [0.25, 0.3) is 0 Å². The van der Waals surface area contributed by atoms with Crippen LogP contribution in [0.5, 0.6) is 0 Å². The first kappa shape index (κ1) is 19.6. The molecule has 0 aliphatic rings. The van der Waals surface area contributed by atoms with Gasteiger partial charge in [-0.25, -0.2) is 0 Å². The number of para-hydroxylation sites is 1. The third-order valence-corrected chi connectivity index (χ3v) is 5.99. The Morgan fingerprint density at radius 1 is 1.03 bits per heavy atom. The molecular formula is C24H19F2O2P. The van der Waals surface area contributed by atoms with Crippen molar-refractivity contribution < 1.29 is 18.1 Å². The van der Waals surface area contributed by atoms with Gasteiger partial charge in [-0.2, -0.15) is 8.78 Å². The van der Waals surface area contributed by atoms with Gasteiger partial charge in [-0.15, -0.1) is 0 Å². The normalized spacial score (nSPS) is 12.7. The van der Waals surface area contributed by atoms with Gasteiger partial charge in [0.05, 0.1) is 5.56 Å². The zero-order valence-corrected chi connectivity index (χ0v) is 16.9. The average Bonchev–Trinajstić information content (AvgIpc) is 3.11. The standard InChI is InChI=1S/C24H19F2O2P/c1-3-16-7-6-8-17(15-16)11-12-18-13-14-20(24(25,26)29(2)27)22-19-9-4-5-10-21(19)28-23(18)22/h4-10,13-15,27H,3H2,1-2H3. The minimum absolute atomic E-state index is 0.230. The van der Waals surface area contributed by atoms with Gasteiger partial charge in [-0.3, -0.25) is 0 Å². The Balaban J connectivity index is 1.95. The monoisotopic (exact) mass is 408 g/mol. The molecule has 1 aromatic heterocycles. The fourth-order valence-corrected chi connectivity index (χ4v) is 3.90. The van der Waals surface area contributed by atoms with Crippen LogP contribution in [-0.2, 0) is 12.1 Å². The van der Waals surface area contributed by atoms with E-state index in [0.29, 0.717) is 27.5 Å². The van der Waals surface area contributed by atoms with E-state index in [4.69, 9.17) is 4.42 Å². The van der Waals surface area contributed by atoms with Crippen molar-refractivity contribution in [2.24, 2.45) is 0 Å². The number of benzene rings is 3. The summed E-state index contributed by atoms with van der Waals surface area (Å²) in [4.78, 5) is 9.73. The fourth-order valence-electron chi connectivity index (χ4n) is 3.36. The van der Waals surface area contributed by atoms with Crippen molar-refractivity contribution in [3.8, 4) is 11.8 Å². The molecule has 0 saturated carbocycles. The molecule has 0 saturated heterocycles. The van der Waals surface area contributed by atoms with Crippen molar-refractivity contribution >= 4 is 30.1 Å². The van der Waals surface area contributed by atoms with Crippen LogP contribution in [0.1, 0.15) is 29.2 Å². The van der Waals surface area contributed by atoms with Crippen molar-refractivity contribution in [2.75, 3.05) is 6.66 Å². The number of furan rings is 1. The zero-order valence-electron chi connectivity index (χ0n) is 16.0. The predicted octanol–water partition coefficient (Wildman–Crippen LogP) is 6.62. The van der Waals surface area contributed by atoms with Gasteiger partial charge >= 0.3 is 5.66 Å². The van der Waals surface area contributed by atoms with Crippen LogP contribution < -0.4 is 0 Å². The Labute approximate surface area is 169 Å². The molecule has 1 atom stereocenters. The topological polar surface area (TPSA) is 33.4 Å². The Hall–Kier alpha value is -2.73. The minimum Gasteiger partial charge on any atom is -0.455 e. The lowest BCUT2D eigenvalue weighted by atomic mass is 10.0. The molecule has 1 heterocycles. The molecule has 4 rings (SSSR count). The largest absolute Gasteiger partial charge is 0.455 e. The maximum atomic E-state index is 14.8. The number of halogens is 2. The maximum Gasteiger partial charge on any atom is 0.314 e. The highest BCUT2D eigenvalue weighted by Crippen LogP contribution is 2.55. The average molecular weight is 408 g/mol. The number of hydrogen-bond donors (Lipinski definition) is 1. The molecule has 0 radical (unpaired) electrons. The molecule has 0 spiro atoms. The molecule has 1 N–H and O–H groups in total. The summed E-state index contributed by atoms with van der Waals surface area (Å²) in [5.41, 5.74) is -0.167. The lowest BCUT2D eigenvalue weighted by Crippen LogP contribution is -2.11. The third-order valence-electron chi connectivity index (χ3n) is 4.93. The SMILES string of the molecule is CCc1cccc(C#Cc2ccc(C(F)(F)P(C)O)c3c2oc2ccccc23)c1. The molecule has 2 nitrogen and oxygen atoms in total. The van der Waals surface area contributed by atoms with E-state index >= 15 is 0 Å². The van der Waals surface area contributed by atoms with Crippen molar-refractivity contribution in [1.82, 2.24) is 0 Å². The molecule has 146 valence electrons. The first-order chi connectivity index (χ1) is 13.9. The van der Waals surface area contributed by atoms with E-state index < -0.39 is 13.8 Å². The van der Waals surface area contributed by atoms with E-state index in [9.17, 15) is 13.7 Å². The summed E-state index contributed by atoms with van der Waals surface area (Å²) in [6.07, 6.45) is 0.911. The van der Waals surface area contributed by atoms with E-state index in [1.54, 1.807) is 30.3 Å². The van der Waals surface area contributed by atoms with Gasteiger partial charge in [0.15, 0.2) is 5.58 Å². The molecule has 0 fully saturated rings. The van der Waals surface area contributed by atoms with Crippen molar-refractivity contribution in [2.45, 2.75) is 19.0 Å². The Kier molecular flexibility index (Phi) is 5.13. The molecule has 1 unspecified atom stereocenters. The second-order valence-electron chi connectivity index (χ2n) is 6.83. The molecule has 3 aromatic carbocycles. The van der Waals surface area contributed by atoms with Gasteiger partial charge in [0.1, 0.15) is 13.7 Å². The van der Waals surface area contributed by atoms with Gasteiger partial charge < -0.3 is 9.31 Å². The summed E-state index contributed by atoms with van der Waals surface area (Å²) < 4.78 is 35.5. The van der Waals surface area contributed by atoms with Crippen LogP contribution in [-0.4, -0.2) is 11.6 Å². The molecule has 29 heavy (non-hydrogen) atoms. The van der Waals surface area contributed by atoms with Crippen LogP contribution >= 0.6 is 8.15 Å². The van der Waals surface area contributed by atoms with Crippen LogP contribution in [0.15, 0.2) is 65.1 Å². The van der Waals surface area contributed by atoms with Crippen molar-refractivity contribution in [3.05, 3.63) is 82.9 Å². The summed E-state index contributed by atoms with van der Waals surface area (Å²) in [6.45, 7) is 3.23. The molecule has 0 bridgehead atoms. The highest BCUT2D eigenvalue weighted by molar-refractivity contribution is 7.51. The number of alkyl halides is 2. The van der Waals surface area contributed by atoms with Crippen molar-refractivity contribution in [3.63, 3.8) is 0 Å². The molecule has 4 aromatic rings. The number of aryl methyl sites for hydroxylation is 1. The summed E-state index contributed by atoms with van der Waals surface area (Å²) in [5, 5.41) is 0.897. The highest BCUT2D eigenvalue weighted by Gasteiger charge is 2.40. The van der Waals surface area contributed by atoms with E-state index in [0.717, 1.165) is 18.6 Å².